The molecule has 18 atom stereocenters. The summed E-state index contributed by atoms with van der Waals surface area (Å²) in [6.45, 7) is -2.26. The zero-order valence-corrected chi connectivity index (χ0v) is 23.4. The molecule has 45 heavy (non-hydrogen) atoms. The van der Waals surface area contributed by atoms with Gasteiger partial charge in [0.2, 0.25) is 0 Å². The Labute approximate surface area is 254 Å². The number of rotatable bonds is 9. The number of hydrogen-bond acceptors (Lipinski definition) is 22. The molecule has 17 N–H and O–H groups in total. The highest BCUT2D eigenvalue weighted by Crippen LogP contribution is 2.28. The van der Waals surface area contributed by atoms with E-state index in [9.17, 15) is 40.5 Å². The summed E-state index contributed by atoms with van der Waals surface area (Å²) >= 11 is 0. The smallest absolute Gasteiger partial charge is 0.187 e. The van der Waals surface area contributed by atoms with Crippen LogP contribution in [0.25, 0.3) is 0 Å². The molecule has 3 aliphatic heterocycles. The van der Waals surface area contributed by atoms with E-state index in [4.69, 9.17) is 65.3 Å². The lowest BCUT2D eigenvalue weighted by molar-refractivity contribution is -0.355. The van der Waals surface area contributed by atoms with Crippen LogP contribution in [0.3, 0.4) is 0 Å². The lowest BCUT2D eigenvalue weighted by Crippen LogP contribution is -2.64. The van der Waals surface area contributed by atoms with Gasteiger partial charge < -0.3 is 111 Å². The Balaban J connectivity index is 0.000000385. The number of aliphatic hydroxyl groups excluding tert-OH is 17. The van der Waals surface area contributed by atoms with E-state index in [1.807, 2.05) is 0 Å². The highest BCUT2D eigenvalue weighted by Gasteiger charge is 2.50. The summed E-state index contributed by atoms with van der Waals surface area (Å²) in [5.74, 6) is 0. The van der Waals surface area contributed by atoms with Crippen LogP contribution in [0.4, 0.5) is 0 Å². The molecule has 3 aliphatic rings. The molecule has 22 heteroatoms. The fraction of sp³-hybridized carbons (Fsp3) is 0.957. The Morgan fingerprint density at radius 3 is 1.69 bits per heavy atom. The zero-order chi connectivity index (χ0) is 34.8. The monoisotopic (exact) mass is 672 g/mol. The van der Waals surface area contributed by atoms with Crippen molar-refractivity contribution in [2.24, 2.45) is 0 Å². The van der Waals surface area contributed by atoms with E-state index in [0.29, 0.717) is 0 Å². The van der Waals surface area contributed by atoms with Gasteiger partial charge in [-0.05, 0) is 0 Å². The Hall–Kier alpha value is -1.17. The number of carbonyl (C=O) groups is 1. The molecule has 1 unspecified atom stereocenters. The summed E-state index contributed by atoms with van der Waals surface area (Å²) in [7, 11) is 0. The third-order valence-corrected chi connectivity index (χ3v) is 6.87. The second-order valence-corrected chi connectivity index (χ2v) is 10.2. The molecular weight excluding hydrogens is 628 g/mol. The van der Waals surface area contributed by atoms with Gasteiger partial charge in [0, 0.05) is 0 Å². The Morgan fingerprint density at radius 2 is 1.20 bits per heavy atom. The van der Waals surface area contributed by atoms with Crippen molar-refractivity contribution in [3.63, 3.8) is 0 Å². The minimum Gasteiger partial charge on any atom is -0.394 e. The van der Waals surface area contributed by atoms with Gasteiger partial charge in [-0.15, -0.1) is 0 Å². The number of aliphatic hydroxyl groups is 17. The first-order valence-corrected chi connectivity index (χ1v) is 13.4. The molecule has 3 saturated heterocycles. The normalized spacial score (nSPS) is 43.0. The van der Waals surface area contributed by atoms with Crippen molar-refractivity contribution in [2.45, 2.75) is 110 Å². The van der Waals surface area contributed by atoms with Crippen LogP contribution in [0.2, 0.25) is 0 Å². The average molecular weight is 673 g/mol. The van der Waals surface area contributed by atoms with E-state index in [1.165, 1.54) is 0 Å². The van der Waals surface area contributed by atoms with Crippen LogP contribution >= 0.6 is 0 Å². The van der Waals surface area contributed by atoms with Crippen LogP contribution in [-0.2, 0) is 23.7 Å². The molecule has 22 nitrogen and oxygen atoms in total. The van der Waals surface area contributed by atoms with Crippen LogP contribution in [0.5, 0.6) is 0 Å². The first kappa shape index (κ1) is 41.9. The highest BCUT2D eigenvalue weighted by molar-refractivity contribution is 5.56. The average Bonchev–Trinajstić information content (AvgIpc) is 3.04. The van der Waals surface area contributed by atoms with Gasteiger partial charge in [-0.2, -0.15) is 0 Å². The van der Waals surface area contributed by atoms with Gasteiger partial charge >= 0.3 is 0 Å². The molecule has 0 aromatic rings. The summed E-state index contributed by atoms with van der Waals surface area (Å²) in [4.78, 5) is 9.90. The van der Waals surface area contributed by atoms with E-state index in [1.54, 1.807) is 0 Å². The minimum atomic E-state index is -1.79. The largest absolute Gasteiger partial charge is 0.394 e. The number of carbonyl (C=O) groups excluding carboxylic acids is 1. The minimum absolute atomic E-state index is 0.0258. The molecule has 3 fully saturated rings. The maximum atomic E-state index is 9.94. The van der Waals surface area contributed by atoms with Crippen LogP contribution in [0.15, 0.2) is 0 Å². The van der Waals surface area contributed by atoms with Crippen molar-refractivity contribution in [3.8, 4) is 0 Å². The molecule has 0 amide bonds. The first-order valence-electron chi connectivity index (χ1n) is 13.4. The van der Waals surface area contributed by atoms with Crippen molar-refractivity contribution >= 4 is 6.29 Å². The van der Waals surface area contributed by atoms with Gasteiger partial charge in [-0.3, -0.25) is 0 Å². The third-order valence-electron chi connectivity index (χ3n) is 6.87. The Bertz CT molecular complexity index is 808. The summed E-state index contributed by atoms with van der Waals surface area (Å²) in [6.07, 6.45) is -27.6. The molecule has 268 valence electrons. The SMILES string of the molecule is O=C[C@H](O)[C@@H](O)[C@H](O)[C@H](O)CO.OC1OC[C@@H](O)[C@H](O)[C@H]1O.OC[C@H]1O[C@@H](O[C@H]2[C@H](O)[C@@H](O)[C@H](O)O[C@@H]2CO)[C@H](O)[C@@H](O)[C@@H]1O. The van der Waals surface area contributed by atoms with Crippen LogP contribution < -0.4 is 0 Å². The molecular formula is C23H44O22. The van der Waals surface area contributed by atoms with Crippen molar-refractivity contribution in [1.29, 1.82) is 0 Å². The van der Waals surface area contributed by atoms with Gasteiger partial charge in [0.1, 0.15) is 91.6 Å². The fourth-order valence-corrected chi connectivity index (χ4v) is 3.98. The van der Waals surface area contributed by atoms with E-state index < -0.39 is 130 Å². The van der Waals surface area contributed by atoms with Crippen molar-refractivity contribution in [1.82, 2.24) is 0 Å². The predicted octanol–water partition coefficient (Wildman–Crippen LogP) is -11.4. The third kappa shape index (κ3) is 11.2. The molecule has 3 rings (SSSR count). The van der Waals surface area contributed by atoms with Gasteiger partial charge in [0.05, 0.1) is 26.4 Å². The lowest BCUT2D eigenvalue weighted by Gasteiger charge is -2.45. The topological polar surface area (TPSA) is 398 Å². The number of hydrogen-bond donors (Lipinski definition) is 17. The summed E-state index contributed by atoms with van der Waals surface area (Å²) in [5.41, 5.74) is 0. The van der Waals surface area contributed by atoms with E-state index in [2.05, 4.69) is 4.74 Å². The van der Waals surface area contributed by atoms with E-state index in [-0.39, 0.29) is 12.9 Å². The Kier molecular flexibility index (Phi) is 18.2. The molecule has 0 spiro atoms. The first-order chi connectivity index (χ1) is 21.0. The van der Waals surface area contributed by atoms with Crippen LogP contribution in [0, 0.1) is 0 Å². The summed E-state index contributed by atoms with van der Waals surface area (Å²) in [5, 5.41) is 155. The van der Waals surface area contributed by atoms with Gasteiger partial charge in [0.25, 0.3) is 0 Å². The molecule has 0 aromatic carbocycles. The van der Waals surface area contributed by atoms with E-state index in [0.717, 1.165) is 0 Å². The Morgan fingerprint density at radius 1 is 0.644 bits per heavy atom. The van der Waals surface area contributed by atoms with Gasteiger partial charge in [-0.25, -0.2) is 0 Å². The second kappa shape index (κ2) is 19.6. The van der Waals surface area contributed by atoms with Gasteiger partial charge in [0.15, 0.2) is 25.2 Å². The fourth-order valence-electron chi connectivity index (χ4n) is 3.98. The molecule has 0 bridgehead atoms. The predicted molar refractivity (Wildman–Crippen MR) is 136 cm³/mol. The molecule has 3 heterocycles. The molecule has 0 saturated carbocycles. The number of ether oxygens (including phenoxy) is 4. The van der Waals surface area contributed by atoms with Crippen LogP contribution in [-0.4, -0.2) is 230 Å². The molecule has 0 aliphatic carbocycles. The maximum Gasteiger partial charge on any atom is 0.187 e. The van der Waals surface area contributed by atoms with E-state index >= 15 is 0 Å². The number of aldehydes is 1. The maximum absolute atomic E-state index is 9.94. The molecule has 0 radical (unpaired) electrons. The van der Waals surface area contributed by atoms with Crippen molar-refractivity contribution < 1.29 is 111 Å². The highest BCUT2D eigenvalue weighted by atomic mass is 16.7. The second-order valence-electron chi connectivity index (χ2n) is 10.2. The van der Waals surface area contributed by atoms with Crippen molar-refractivity contribution in [2.75, 3.05) is 26.4 Å². The van der Waals surface area contributed by atoms with Crippen LogP contribution in [0.1, 0.15) is 0 Å². The zero-order valence-electron chi connectivity index (χ0n) is 23.4. The summed E-state index contributed by atoms with van der Waals surface area (Å²) < 4.78 is 19.7. The van der Waals surface area contributed by atoms with Crippen molar-refractivity contribution in [3.05, 3.63) is 0 Å². The lowest BCUT2D eigenvalue weighted by atomic mass is 9.97. The molecule has 0 aromatic heterocycles. The quantitative estimate of drug-likeness (QED) is 0.101. The van der Waals surface area contributed by atoms with Gasteiger partial charge in [-0.1, -0.05) is 0 Å². The summed E-state index contributed by atoms with van der Waals surface area (Å²) in [6, 6.07) is 0. The standard InChI is InChI=1S/C12H22O11.C6H12O6.C5H10O5/c13-1-3-5(15)6(16)9(19)12(22-3)23-10-4(2-14)21-11(20)8(18)7(10)17;7-1-3(9)5(11)6(12)4(10)2-8;6-2-1-10-5(9)4(8)3(2)7/h3-20H,1-2H2;1,3-6,8-12H,2H2;2-9H,1H2/t3-,4-,5-,6+,7-,8-,9-,10-,11-,12+;3-,4+,5+,6+;2-,3+,4-,5?/m101/s1.